The topological polar surface area (TPSA) is 69.6 Å². The second-order valence-corrected chi connectivity index (χ2v) is 12.6. The van der Waals surface area contributed by atoms with Crippen LogP contribution in [0, 0.1) is 0 Å². The highest BCUT2D eigenvalue weighted by atomic mass is 16.3. The van der Waals surface area contributed by atoms with Crippen molar-refractivity contribution >= 4 is 5.91 Å². The zero-order chi connectivity index (χ0) is 31.5. The van der Waals surface area contributed by atoms with Crippen molar-refractivity contribution in [3.63, 3.8) is 0 Å². The average molecular weight is 604 g/mol. The summed E-state index contributed by atoms with van der Waals surface area (Å²) in [5.74, 6) is -0.0841. The first kappa shape index (κ1) is 41.6. The lowest BCUT2D eigenvalue weighted by molar-refractivity contribution is -0.123. The molecule has 4 nitrogen and oxygen atoms in total. The molecule has 3 N–H and O–H groups in total. The first-order chi connectivity index (χ1) is 21.2. The molecule has 4 heteroatoms. The maximum atomic E-state index is 12.3. The monoisotopic (exact) mass is 604 g/mol. The van der Waals surface area contributed by atoms with Crippen LogP contribution in [0.1, 0.15) is 187 Å². The largest absolute Gasteiger partial charge is 0.394 e. The quantitative estimate of drug-likeness (QED) is 0.0516. The minimum atomic E-state index is -0.862. The Kier molecular flexibility index (Phi) is 34.0. The van der Waals surface area contributed by atoms with Gasteiger partial charge in [-0.3, -0.25) is 4.79 Å². The normalized spacial score (nSPS) is 13.5. The molecule has 0 aromatic heterocycles. The van der Waals surface area contributed by atoms with Gasteiger partial charge in [0.15, 0.2) is 0 Å². The van der Waals surface area contributed by atoms with Gasteiger partial charge in [0.1, 0.15) is 0 Å². The third kappa shape index (κ3) is 31.8. The molecule has 0 aliphatic rings. The van der Waals surface area contributed by atoms with Crippen LogP contribution >= 0.6 is 0 Å². The third-order valence-corrected chi connectivity index (χ3v) is 8.35. The summed E-state index contributed by atoms with van der Waals surface area (Å²) >= 11 is 0. The maximum Gasteiger partial charge on any atom is 0.220 e. The maximum absolute atomic E-state index is 12.3. The fourth-order valence-electron chi connectivity index (χ4n) is 5.42. The van der Waals surface area contributed by atoms with Gasteiger partial charge in [0.05, 0.1) is 18.8 Å². The van der Waals surface area contributed by atoms with Crippen molar-refractivity contribution in [1.29, 1.82) is 0 Å². The molecule has 0 aromatic carbocycles. The van der Waals surface area contributed by atoms with Gasteiger partial charge >= 0.3 is 0 Å². The van der Waals surface area contributed by atoms with E-state index in [0.29, 0.717) is 6.42 Å². The standard InChI is InChI=1S/C39H73NO3/c1-3-5-7-9-11-13-15-17-18-19-20-21-23-25-27-29-31-33-35-39(43)40-37(36-41)38(42)34-32-30-28-26-24-22-16-14-12-10-8-6-4-2/h20-21,24,26,32,34,37-38,41-42H,3-19,22-23,25,27-31,33,35-36H2,1-2H3,(H,40,43)/b21-20-,26-24+,34-32+. The van der Waals surface area contributed by atoms with E-state index < -0.39 is 12.1 Å². The number of unbranched alkanes of at least 4 members (excludes halogenated alkanes) is 22. The molecular formula is C39H73NO3. The van der Waals surface area contributed by atoms with E-state index in [9.17, 15) is 15.0 Å². The Morgan fingerprint density at radius 2 is 0.907 bits per heavy atom. The van der Waals surface area contributed by atoms with Gasteiger partial charge in [0.2, 0.25) is 5.91 Å². The Morgan fingerprint density at radius 3 is 1.35 bits per heavy atom. The second kappa shape index (κ2) is 35.1. The lowest BCUT2D eigenvalue weighted by Gasteiger charge is -2.19. The lowest BCUT2D eigenvalue weighted by atomic mass is 10.1. The Hall–Kier alpha value is -1.39. The van der Waals surface area contributed by atoms with Crippen molar-refractivity contribution in [2.75, 3.05) is 6.61 Å². The van der Waals surface area contributed by atoms with Gasteiger partial charge in [-0.2, -0.15) is 0 Å². The molecule has 43 heavy (non-hydrogen) atoms. The van der Waals surface area contributed by atoms with Gasteiger partial charge in [-0.05, 0) is 57.8 Å². The Morgan fingerprint density at radius 1 is 0.535 bits per heavy atom. The molecular weight excluding hydrogens is 530 g/mol. The van der Waals surface area contributed by atoms with Crippen molar-refractivity contribution in [1.82, 2.24) is 5.32 Å². The van der Waals surface area contributed by atoms with Gasteiger partial charge in [-0.1, -0.05) is 159 Å². The number of carbonyl (C=O) groups excluding carboxylic acids is 1. The fourth-order valence-corrected chi connectivity index (χ4v) is 5.42. The van der Waals surface area contributed by atoms with Crippen LogP contribution in [-0.2, 0) is 4.79 Å². The summed E-state index contributed by atoms with van der Waals surface area (Å²) < 4.78 is 0. The van der Waals surface area contributed by atoms with E-state index in [1.54, 1.807) is 6.08 Å². The zero-order valence-corrected chi connectivity index (χ0v) is 28.7. The van der Waals surface area contributed by atoms with Crippen LogP contribution in [-0.4, -0.2) is 34.9 Å². The second-order valence-electron chi connectivity index (χ2n) is 12.6. The Bertz CT molecular complexity index is 657. The number of amides is 1. The number of hydrogen-bond acceptors (Lipinski definition) is 3. The van der Waals surface area contributed by atoms with Crippen molar-refractivity contribution in [3.8, 4) is 0 Å². The molecule has 0 aliphatic carbocycles. The van der Waals surface area contributed by atoms with E-state index in [-0.39, 0.29) is 12.5 Å². The van der Waals surface area contributed by atoms with Crippen LogP contribution in [0.25, 0.3) is 0 Å². The molecule has 0 radical (unpaired) electrons. The van der Waals surface area contributed by atoms with Crippen molar-refractivity contribution in [2.24, 2.45) is 0 Å². The fraction of sp³-hybridized carbons (Fsp3) is 0.821. The van der Waals surface area contributed by atoms with Gasteiger partial charge in [0.25, 0.3) is 0 Å². The van der Waals surface area contributed by atoms with Crippen LogP contribution in [0.4, 0.5) is 0 Å². The minimum absolute atomic E-state index is 0.0841. The van der Waals surface area contributed by atoms with Crippen LogP contribution in [0.2, 0.25) is 0 Å². The van der Waals surface area contributed by atoms with Gasteiger partial charge in [0, 0.05) is 6.42 Å². The number of nitrogens with one attached hydrogen (secondary N) is 1. The van der Waals surface area contributed by atoms with Crippen LogP contribution in [0.3, 0.4) is 0 Å². The molecule has 0 spiro atoms. The molecule has 0 saturated heterocycles. The summed E-state index contributed by atoms with van der Waals surface area (Å²) in [5.41, 5.74) is 0. The van der Waals surface area contributed by atoms with Crippen molar-refractivity contribution in [3.05, 3.63) is 36.5 Å². The molecule has 0 fully saturated rings. The lowest BCUT2D eigenvalue weighted by Crippen LogP contribution is -2.45. The Balaban J connectivity index is 3.66. The highest BCUT2D eigenvalue weighted by molar-refractivity contribution is 5.76. The number of rotatable bonds is 33. The van der Waals surface area contributed by atoms with E-state index in [2.05, 4.69) is 43.5 Å². The first-order valence-corrected chi connectivity index (χ1v) is 18.7. The minimum Gasteiger partial charge on any atom is -0.394 e. The molecule has 2 unspecified atom stereocenters. The average Bonchev–Trinajstić information content (AvgIpc) is 3.01. The smallest absolute Gasteiger partial charge is 0.220 e. The number of hydrogen-bond donors (Lipinski definition) is 3. The number of allylic oxidation sites excluding steroid dienone is 5. The van der Waals surface area contributed by atoms with Crippen molar-refractivity contribution < 1.29 is 15.0 Å². The van der Waals surface area contributed by atoms with E-state index in [0.717, 1.165) is 44.9 Å². The predicted molar refractivity (Wildman–Crippen MR) is 188 cm³/mol. The summed E-state index contributed by atoms with van der Waals surface area (Å²) in [5, 5.41) is 22.8. The molecule has 1 amide bonds. The third-order valence-electron chi connectivity index (χ3n) is 8.35. The van der Waals surface area contributed by atoms with E-state index >= 15 is 0 Å². The summed E-state index contributed by atoms with van der Waals surface area (Å²) in [6.45, 7) is 4.27. The zero-order valence-electron chi connectivity index (χ0n) is 28.7. The molecule has 0 rings (SSSR count). The van der Waals surface area contributed by atoms with Crippen molar-refractivity contribution in [2.45, 2.75) is 199 Å². The summed E-state index contributed by atoms with van der Waals surface area (Å²) in [6, 6.07) is -0.640. The summed E-state index contributed by atoms with van der Waals surface area (Å²) in [7, 11) is 0. The molecule has 0 heterocycles. The van der Waals surface area contributed by atoms with E-state index in [1.807, 2.05) is 6.08 Å². The van der Waals surface area contributed by atoms with E-state index in [4.69, 9.17) is 0 Å². The predicted octanol–water partition coefficient (Wildman–Crippen LogP) is 11.1. The van der Waals surface area contributed by atoms with Gasteiger partial charge in [-0.25, -0.2) is 0 Å². The molecule has 2 atom stereocenters. The summed E-state index contributed by atoms with van der Waals surface area (Å²) in [4.78, 5) is 12.3. The van der Waals surface area contributed by atoms with Crippen LogP contribution < -0.4 is 5.32 Å². The number of aliphatic hydroxyl groups excluding tert-OH is 2. The SMILES string of the molecule is CCCCCCCCC/C=C/CC/C=C/C(O)C(CO)NC(=O)CCCCCCC/C=C\CCCCCCCCCCC. The molecule has 0 aromatic rings. The molecule has 0 bridgehead atoms. The van der Waals surface area contributed by atoms with Crippen LogP contribution in [0.5, 0.6) is 0 Å². The molecule has 0 aliphatic heterocycles. The highest BCUT2D eigenvalue weighted by Gasteiger charge is 2.17. The van der Waals surface area contributed by atoms with Crippen LogP contribution in [0.15, 0.2) is 36.5 Å². The number of aliphatic hydroxyl groups is 2. The van der Waals surface area contributed by atoms with E-state index in [1.165, 1.54) is 122 Å². The number of carbonyl (C=O) groups is 1. The molecule has 0 saturated carbocycles. The van der Waals surface area contributed by atoms with Gasteiger partial charge in [-0.15, -0.1) is 0 Å². The first-order valence-electron chi connectivity index (χ1n) is 18.7. The Labute approximate surface area is 268 Å². The molecule has 252 valence electrons. The highest BCUT2D eigenvalue weighted by Crippen LogP contribution is 2.12. The van der Waals surface area contributed by atoms with Gasteiger partial charge < -0.3 is 15.5 Å². The summed E-state index contributed by atoms with van der Waals surface area (Å²) in [6.07, 6.45) is 45.1.